The molecule has 208 valence electrons. The maximum atomic E-state index is 13.1. The lowest BCUT2D eigenvalue weighted by atomic mass is 9.46. The molecular weight excluding hydrogens is 484 g/mol. The Bertz CT molecular complexity index is 1100. The van der Waals surface area contributed by atoms with E-state index in [0.717, 1.165) is 19.3 Å². The molecule has 1 unspecified atom stereocenters. The molecule has 7 atom stereocenters. The molecule has 0 bridgehead atoms. The predicted octanol–water partition coefficient (Wildman–Crippen LogP) is 5.49. The number of carboxylic acids is 1. The smallest absolute Gasteiger partial charge is 0.311 e. The topological polar surface area (TPSA) is 110 Å². The minimum atomic E-state index is -1.25. The average molecular weight is 527 g/mol. The molecule has 0 heterocycles. The van der Waals surface area contributed by atoms with Crippen molar-refractivity contribution in [2.75, 3.05) is 0 Å². The van der Waals surface area contributed by atoms with Crippen LogP contribution in [0.15, 0.2) is 41.9 Å². The van der Waals surface area contributed by atoms with Crippen LogP contribution in [0.25, 0.3) is 0 Å². The van der Waals surface area contributed by atoms with Gasteiger partial charge < -0.3 is 19.7 Å². The Morgan fingerprint density at radius 3 is 2.58 bits per heavy atom. The number of esters is 2. The van der Waals surface area contributed by atoms with Crippen molar-refractivity contribution < 1.29 is 34.1 Å². The molecule has 0 aromatic heterocycles. The fraction of sp³-hybridized carbons (Fsp3) is 0.677. The maximum absolute atomic E-state index is 13.1. The highest BCUT2D eigenvalue weighted by molar-refractivity contribution is 5.76. The Morgan fingerprint density at radius 2 is 1.89 bits per heavy atom. The third-order valence-corrected chi connectivity index (χ3v) is 9.56. The van der Waals surface area contributed by atoms with E-state index in [1.807, 2.05) is 32.9 Å². The summed E-state index contributed by atoms with van der Waals surface area (Å²) in [6, 6.07) is 0. The van der Waals surface area contributed by atoms with Gasteiger partial charge in [-0.2, -0.15) is 0 Å². The summed E-state index contributed by atoms with van der Waals surface area (Å²) >= 11 is 0. The number of rotatable bonds is 7. The molecule has 4 rings (SSSR count). The van der Waals surface area contributed by atoms with Crippen LogP contribution in [0.2, 0.25) is 0 Å². The molecule has 0 aromatic carbocycles. The van der Waals surface area contributed by atoms with Crippen molar-refractivity contribution in [2.24, 2.45) is 34.0 Å². The van der Waals surface area contributed by atoms with Crippen LogP contribution in [0.3, 0.4) is 0 Å². The molecule has 0 aromatic rings. The molecule has 38 heavy (non-hydrogen) atoms. The minimum absolute atomic E-state index is 0.0888. The zero-order valence-corrected chi connectivity index (χ0v) is 23.3. The normalized spacial score (nSPS) is 37.7. The molecule has 4 aliphatic carbocycles. The summed E-state index contributed by atoms with van der Waals surface area (Å²) in [6.07, 6.45) is 12.1. The first-order valence-corrected chi connectivity index (χ1v) is 13.8. The van der Waals surface area contributed by atoms with E-state index in [9.17, 15) is 19.5 Å². The van der Waals surface area contributed by atoms with Crippen molar-refractivity contribution in [1.82, 2.24) is 0 Å². The minimum Gasteiger partial charge on any atom is -0.481 e. The molecular formula is C31H42O7. The predicted molar refractivity (Wildman–Crippen MR) is 142 cm³/mol. The van der Waals surface area contributed by atoms with Crippen LogP contribution >= 0.6 is 0 Å². The van der Waals surface area contributed by atoms with E-state index in [1.165, 1.54) is 11.8 Å². The quantitative estimate of drug-likeness (QED) is 0.256. The standard InChI is InChI=1S/C31H42O7/c1-28(2,3)19-26(35)38-23-18-30(5)22(21-10-9-20-8-6-7-14-29(20,4)27(21)23)13-15-31(30,36)16-17-37-25(34)12-11-24(32)33/h6-7,14,16-17,21-23,27,36H,9-13,15,18-19H2,1-5H3,(H,32,33)/t21-,22-,23?,27+,29-,30-,31-/m0/s1. The third-order valence-electron chi connectivity index (χ3n) is 9.56. The van der Waals surface area contributed by atoms with Gasteiger partial charge in [0.15, 0.2) is 0 Å². The van der Waals surface area contributed by atoms with Gasteiger partial charge in [-0.15, -0.1) is 5.73 Å². The van der Waals surface area contributed by atoms with E-state index in [4.69, 9.17) is 14.6 Å². The Morgan fingerprint density at radius 1 is 1.16 bits per heavy atom. The summed E-state index contributed by atoms with van der Waals surface area (Å²) in [5, 5.41) is 20.7. The van der Waals surface area contributed by atoms with Crippen molar-refractivity contribution >= 4 is 17.9 Å². The number of allylic oxidation sites excluding steroid dienone is 3. The fourth-order valence-electron chi connectivity index (χ4n) is 7.74. The molecule has 3 saturated carbocycles. The van der Waals surface area contributed by atoms with Gasteiger partial charge in [0.05, 0.1) is 31.1 Å². The van der Waals surface area contributed by atoms with E-state index < -0.39 is 23.0 Å². The number of carbonyl (C=O) groups excluding carboxylic acids is 2. The lowest BCUT2D eigenvalue weighted by Crippen LogP contribution is -2.59. The van der Waals surface area contributed by atoms with Gasteiger partial charge in [0.1, 0.15) is 6.10 Å². The zero-order valence-electron chi connectivity index (χ0n) is 23.3. The van der Waals surface area contributed by atoms with Gasteiger partial charge in [0, 0.05) is 16.7 Å². The van der Waals surface area contributed by atoms with Gasteiger partial charge in [-0.25, -0.2) is 0 Å². The largest absolute Gasteiger partial charge is 0.481 e. The number of carbonyl (C=O) groups is 3. The van der Waals surface area contributed by atoms with Crippen LogP contribution < -0.4 is 0 Å². The second-order valence-electron chi connectivity index (χ2n) is 13.3. The first-order valence-electron chi connectivity index (χ1n) is 13.8. The van der Waals surface area contributed by atoms with Gasteiger partial charge >= 0.3 is 17.9 Å². The highest BCUT2D eigenvalue weighted by Gasteiger charge is 2.66. The molecule has 3 fully saturated rings. The Balaban J connectivity index is 1.63. The highest BCUT2D eigenvalue weighted by Crippen LogP contribution is 2.67. The van der Waals surface area contributed by atoms with E-state index in [1.54, 1.807) is 6.08 Å². The number of ether oxygens (including phenoxy) is 2. The van der Waals surface area contributed by atoms with Crippen LogP contribution in [-0.2, 0) is 23.9 Å². The van der Waals surface area contributed by atoms with Crippen molar-refractivity contribution in [2.45, 2.75) is 97.7 Å². The van der Waals surface area contributed by atoms with Crippen molar-refractivity contribution in [3.8, 4) is 0 Å². The molecule has 4 aliphatic rings. The molecule has 0 amide bonds. The number of aliphatic carboxylic acids is 1. The summed E-state index contributed by atoms with van der Waals surface area (Å²) in [5.74, 6) is -1.39. The monoisotopic (exact) mass is 526 g/mol. The molecule has 0 spiro atoms. The molecule has 0 radical (unpaired) electrons. The van der Waals surface area contributed by atoms with Gasteiger partial charge in [-0.3, -0.25) is 14.4 Å². The third kappa shape index (κ3) is 5.28. The van der Waals surface area contributed by atoms with Crippen LogP contribution in [0.5, 0.6) is 0 Å². The fourth-order valence-corrected chi connectivity index (χ4v) is 7.74. The van der Waals surface area contributed by atoms with E-state index in [-0.39, 0.29) is 53.5 Å². The second-order valence-corrected chi connectivity index (χ2v) is 13.3. The summed E-state index contributed by atoms with van der Waals surface area (Å²) in [5.41, 5.74) is 2.42. The lowest BCUT2D eigenvalue weighted by molar-refractivity contribution is -0.184. The number of hydrogen-bond acceptors (Lipinski definition) is 6. The van der Waals surface area contributed by atoms with E-state index in [2.05, 4.69) is 25.7 Å². The van der Waals surface area contributed by atoms with E-state index in [0.29, 0.717) is 19.3 Å². The number of aliphatic hydroxyl groups is 1. The van der Waals surface area contributed by atoms with Crippen LogP contribution in [-0.4, -0.2) is 39.8 Å². The van der Waals surface area contributed by atoms with Crippen LogP contribution in [0.4, 0.5) is 0 Å². The summed E-state index contributed by atoms with van der Waals surface area (Å²) < 4.78 is 11.4. The highest BCUT2D eigenvalue weighted by atomic mass is 16.5. The molecule has 7 nitrogen and oxygen atoms in total. The van der Waals surface area contributed by atoms with E-state index >= 15 is 0 Å². The average Bonchev–Trinajstić information content (AvgIpc) is 3.06. The van der Waals surface area contributed by atoms with Crippen molar-refractivity contribution in [3.05, 3.63) is 41.9 Å². The lowest BCUT2D eigenvalue weighted by Gasteiger charge is -2.59. The summed E-state index contributed by atoms with van der Waals surface area (Å²) in [6.45, 7) is 10.4. The van der Waals surface area contributed by atoms with Gasteiger partial charge in [-0.1, -0.05) is 46.8 Å². The Hall–Kier alpha value is -2.63. The zero-order chi connectivity index (χ0) is 27.9. The SMILES string of the molecule is CC(C)(C)CC(=O)OC1C[C@@]2(C)[C@@H](CC[C@]2(O)C=COC(=O)CCC(=O)O)[C@@H]2CCC3=C=CC=C[C@]3(C)[C@@H]12. The molecule has 2 N–H and O–H groups in total. The second kappa shape index (κ2) is 10.2. The van der Waals surface area contributed by atoms with Crippen LogP contribution in [0, 0.1) is 34.0 Å². The molecule has 0 saturated heterocycles. The first kappa shape index (κ1) is 28.4. The molecule has 7 heteroatoms. The Labute approximate surface area is 225 Å². The summed E-state index contributed by atoms with van der Waals surface area (Å²) in [7, 11) is 0. The molecule has 0 aliphatic heterocycles. The summed E-state index contributed by atoms with van der Waals surface area (Å²) in [4.78, 5) is 35.8. The van der Waals surface area contributed by atoms with Gasteiger partial charge in [-0.05, 0) is 67.1 Å². The van der Waals surface area contributed by atoms with Gasteiger partial charge in [0.2, 0.25) is 0 Å². The van der Waals surface area contributed by atoms with Gasteiger partial charge in [0.25, 0.3) is 0 Å². The number of hydrogen-bond donors (Lipinski definition) is 2. The maximum Gasteiger partial charge on any atom is 0.311 e. The first-order chi connectivity index (χ1) is 17.7. The number of fused-ring (bicyclic) bond motifs is 5. The van der Waals surface area contributed by atoms with Crippen molar-refractivity contribution in [1.29, 1.82) is 0 Å². The number of carboxylic acid groups (broad SMARTS) is 1. The Kier molecular flexibility index (Phi) is 7.59. The van der Waals surface area contributed by atoms with Crippen molar-refractivity contribution in [3.63, 3.8) is 0 Å². The van der Waals surface area contributed by atoms with Crippen LogP contribution in [0.1, 0.15) is 86.0 Å².